The van der Waals surface area contributed by atoms with E-state index in [0.29, 0.717) is 17.8 Å². The quantitative estimate of drug-likeness (QED) is 0.320. The zero-order valence-corrected chi connectivity index (χ0v) is 27.7. The molecule has 4 aliphatic rings. The summed E-state index contributed by atoms with van der Waals surface area (Å²) < 4.78 is 20.4. The molecule has 4 aliphatic carbocycles. The standard InChI is InChI=1S/C29H52O3Si3/c1-27-16-13-21(30-33(4,5)6)19-25(27)26(31-34(7,8)9)20-22-23(27)14-17-28(2)24(22)15-18-29(28,3)32-35(10,11)12/h13,16,19,22-24H,14-15,17-18,20H2,1-12H3/t22?,23?,24?,27-,28+,29+/m1/s1. The Labute approximate surface area is 219 Å². The lowest BCUT2D eigenvalue weighted by Gasteiger charge is -2.59. The van der Waals surface area contributed by atoms with E-state index in [0.717, 1.165) is 12.2 Å². The van der Waals surface area contributed by atoms with Gasteiger partial charge in [0.15, 0.2) is 8.32 Å². The predicted octanol–water partition coefficient (Wildman–Crippen LogP) is 8.86. The van der Waals surface area contributed by atoms with Crippen LogP contribution in [0.25, 0.3) is 0 Å². The Morgan fingerprint density at radius 2 is 1.37 bits per heavy atom. The Bertz CT molecular complexity index is 948. The van der Waals surface area contributed by atoms with Crippen LogP contribution in [-0.4, -0.2) is 30.6 Å². The smallest absolute Gasteiger partial charge is 0.242 e. The number of rotatable bonds is 6. The number of hydrogen-bond donors (Lipinski definition) is 0. The molecule has 2 fully saturated rings. The molecule has 0 aromatic carbocycles. The molecule has 2 saturated carbocycles. The lowest BCUT2D eigenvalue weighted by atomic mass is 9.48. The van der Waals surface area contributed by atoms with Crippen LogP contribution in [0.1, 0.15) is 52.9 Å². The third kappa shape index (κ3) is 5.11. The van der Waals surface area contributed by atoms with Crippen LogP contribution in [0.2, 0.25) is 58.9 Å². The minimum Gasteiger partial charge on any atom is -0.547 e. The van der Waals surface area contributed by atoms with Gasteiger partial charge < -0.3 is 13.3 Å². The van der Waals surface area contributed by atoms with E-state index in [9.17, 15) is 0 Å². The van der Waals surface area contributed by atoms with Gasteiger partial charge in [0.2, 0.25) is 16.6 Å². The van der Waals surface area contributed by atoms with E-state index in [-0.39, 0.29) is 16.4 Å². The van der Waals surface area contributed by atoms with Gasteiger partial charge in [-0.05, 0) is 127 Å². The zero-order chi connectivity index (χ0) is 26.2. The van der Waals surface area contributed by atoms with E-state index in [4.69, 9.17) is 13.3 Å². The van der Waals surface area contributed by atoms with Crippen LogP contribution in [0.15, 0.2) is 35.3 Å². The summed E-state index contributed by atoms with van der Waals surface area (Å²) in [5, 5.41) is 0. The van der Waals surface area contributed by atoms with Crippen LogP contribution in [-0.2, 0) is 13.3 Å². The van der Waals surface area contributed by atoms with Crippen molar-refractivity contribution in [2.45, 2.75) is 117 Å². The molecule has 0 aromatic rings. The molecular weight excluding hydrogens is 481 g/mol. The van der Waals surface area contributed by atoms with Crippen LogP contribution in [0.4, 0.5) is 0 Å². The van der Waals surface area contributed by atoms with Gasteiger partial charge in [0.05, 0.1) is 11.4 Å². The van der Waals surface area contributed by atoms with Gasteiger partial charge in [0, 0.05) is 17.4 Å². The van der Waals surface area contributed by atoms with Gasteiger partial charge in [-0.3, -0.25) is 0 Å². The Balaban J connectivity index is 1.76. The van der Waals surface area contributed by atoms with E-state index in [1.54, 1.807) is 0 Å². The van der Waals surface area contributed by atoms with Crippen molar-refractivity contribution in [2.75, 3.05) is 0 Å². The normalized spacial score (nSPS) is 39.5. The van der Waals surface area contributed by atoms with Crippen LogP contribution in [0.3, 0.4) is 0 Å². The van der Waals surface area contributed by atoms with Gasteiger partial charge in [-0.15, -0.1) is 0 Å². The van der Waals surface area contributed by atoms with E-state index < -0.39 is 25.0 Å². The van der Waals surface area contributed by atoms with Gasteiger partial charge in [-0.2, -0.15) is 0 Å². The summed E-state index contributed by atoms with van der Waals surface area (Å²) in [6.45, 7) is 28.3. The zero-order valence-electron chi connectivity index (χ0n) is 24.7. The third-order valence-corrected chi connectivity index (χ3v) is 12.1. The van der Waals surface area contributed by atoms with E-state index in [1.807, 2.05) is 0 Å². The Morgan fingerprint density at radius 1 is 0.771 bits per heavy atom. The summed E-state index contributed by atoms with van der Waals surface area (Å²) in [6, 6.07) is 0. The van der Waals surface area contributed by atoms with Crippen LogP contribution >= 0.6 is 0 Å². The molecule has 3 nitrogen and oxygen atoms in total. The molecule has 6 heteroatoms. The molecule has 0 aliphatic heterocycles. The lowest BCUT2D eigenvalue weighted by Crippen LogP contribution is -2.56. The van der Waals surface area contributed by atoms with Crippen LogP contribution in [0, 0.1) is 28.6 Å². The van der Waals surface area contributed by atoms with Gasteiger partial charge >= 0.3 is 0 Å². The van der Waals surface area contributed by atoms with Gasteiger partial charge in [-0.25, -0.2) is 0 Å². The van der Waals surface area contributed by atoms with Gasteiger partial charge in [-0.1, -0.05) is 19.9 Å². The Kier molecular flexibility index (Phi) is 6.65. The summed E-state index contributed by atoms with van der Waals surface area (Å²) >= 11 is 0. The minimum absolute atomic E-state index is 0.00153. The molecular formula is C29H52O3Si3. The first-order valence-electron chi connectivity index (χ1n) is 14.0. The van der Waals surface area contributed by atoms with Gasteiger partial charge in [0.25, 0.3) is 0 Å². The highest BCUT2D eigenvalue weighted by Crippen LogP contribution is 2.68. The fraction of sp³-hybridized carbons (Fsp3) is 0.793. The predicted molar refractivity (Wildman–Crippen MR) is 156 cm³/mol. The molecule has 0 N–H and O–H groups in total. The Hall–Kier alpha value is -0.569. The highest BCUT2D eigenvalue weighted by atomic mass is 28.4. The first-order valence-corrected chi connectivity index (χ1v) is 24.2. The minimum atomic E-state index is -1.75. The molecule has 6 atom stereocenters. The summed E-state index contributed by atoms with van der Waals surface area (Å²) in [5.41, 5.74) is 1.66. The fourth-order valence-corrected chi connectivity index (χ4v) is 11.4. The molecule has 0 heterocycles. The number of fused-ring (bicyclic) bond motifs is 5. The summed E-state index contributed by atoms with van der Waals surface area (Å²) in [7, 11) is -5.07. The fourth-order valence-electron chi connectivity index (χ4n) is 7.99. The molecule has 198 valence electrons. The van der Waals surface area contributed by atoms with E-state index in [1.165, 1.54) is 37.0 Å². The topological polar surface area (TPSA) is 27.7 Å². The third-order valence-electron chi connectivity index (χ3n) is 9.30. The molecule has 0 spiro atoms. The second kappa shape index (κ2) is 8.47. The molecule has 0 radical (unpaired) electrons. The molecule has 0 bridgehead atoms. The van der Waals surface area contributed by atoms with Crippen molar-refractivity contribution in [3.63, 3.8) is 0 Å². The van der Waals surface area contributed by atoms with Crippen LogP contribution < -0.4 is 0 Å². The first kappa shape index (κ1) is 27.5. The Morgan fingerprint density at radius 3 is 1.94 bits per heavy atom. The van der Waals surface area contributed by atoms with Crippen molar-refractivity contribution in [1.29, 1.82) is 0 Å². The van der Waals surface area contributed by atoms with E-state index >= 15 is 0 Å². The monoisotopic (exact) mass is 532 g/mol. The average molecular weight is 533 g/mol. The molecule has 0 amide bonds. The van der Waals surface area contributed by atoms with E-state index in [2.05, 4.69) is 97.9 Å². The maximum Gasteiger partial charge on any atom is 0.242 e. The second-order valence-corrected chi connectivity index (χ2v) is 28.7. The summed E-state index contributed by atoms with van der Waals surface area (Å²) in [5.74, 6) is 4.29. The molecule has 0 saturated heterocycles. The summed E-state index contributed by atoms with van der Waals surface area (Å²) in [6.07, 6.45) is 13.2. The second-order valence-electron chi connectivity index (χ2n) is 15.4. The van der Waals surface area contributed by atoms with Crippen molar-refractivity contribution in [1.82, 2.24) is 0 Å². The van der Waals surface area contributed by atoms with Crippen LogP contribution in [0.5, 0.6) is 0 Å². The van der Waals surface area contributed by atoms with Crippen molar-refractivity contribution in [3.05, 3.63) is 35.3 Å². The van der Waals surface area contributed by atoms with Gasteiger partial charge in [0.1, 0.15) is 5.76 Å². The number of allylic oxidation sites excluding steroid dienone is 5. The van der Waals surface area contributed by atoms with Crippen molar-refractivity contribution >= 4 is 25.0 Å². The van der Waals surface area contributed by atoms with Crippen molar-refractivity contribution in [3.8, 4) is 0 Å². The largest absolute Gasteiger partial charge is 0.547 e. The first-order chi connectivity index (χ1) is 15.8. The molecule has 4 rings (SSSR count). The van der Waals surface area contributed by atoms with Crippen molar-refractivity contribution < 1.29 is 13.3 Å². The molecule has 35 heavy (non-hydrogen) atoms. The molecule has 0 aromatic heterocycles. The SMILES string of the molecule is C[C@]12C=CC(O[Si](C)(C)C)=CC1=C(O[Si](C)(C)C)CC1C2CC[C@@]2(C)C1CC[C@]2(C)O[Si](C)(C)C. The lowest BCUT2D eigenvalue weighted by molar-refractivity contribution is -0.0995. The average Bonchev–Trinajstić information content (AvgIpc) is 2.90. The maximum atomic E-state index is 7.00. The highest BCUT2D eigenvalue weighted by Gasteiger charge is 2.64. The molecule has 3 unspecified atom stereocenters. The maximum absolute atomic E-state index is 7.00. The number of hydrogen-bond acceptors (Lipinski definition) is 3. The highest BCUT2D eigenvalue weighted by molar-refractivity contribution is 6.70. The van der Waals surface area contributed by atoms with Crippen molar-refractivity contribution in [2.24, 2.45) is 28.6 Å². The summed E-state index contributed by atoms with van der Waals surface area (Å²) in [4.78, 5) is 0.